The number of piperazine rings is 1. The third-order valence-electron chi connectivity index (χ3n) is 8.12. The Morgan fingerprint density at radius 3 is 2.59 bits per heavy atom. The largest absolute Gasteiger partial charge is 0.386 e. The third kappa shape index (κ3) is 5.01. The lowest BCUT2D eigenvalue weighted by atomic mass is 9.90. The van der Waals surface area contributed by atoms with E-state index in [1.165, 1.54) is 23.6 Å². The molecule has 0 atom stereocenters. The summed E-state index contributed by atoms with van der Waals surface area (Å²) in [4.78, 5) is 19.4. The quantitative estimate of drug-likeness (QED) is 0.338. The number of rotatable bonds is 5. The molecule has 4 aromatic rings. The lowest BCUT2D eigenvalue weighted by molar-refractivity contribution is 0.0793. The van der Waals surface area contributed by atoms with Crippen molar-refractivity contribution in [3.05, 3.63) is 65.4 Å². The van der Waals surface area contributed by atoms with Crippen LogP contribution in [-0.2, 0) is 5.60 Å². The van der Waals surface area contributed by atoms with E-state index in [0.717, 1.165) is 49.9 Å². The van der Waals surface area contributed by atoms with Gasteiger partial charge in [0, 0.05) is 55.1 Å². The number of carbonyl (C=O) groups excluding carboxylic acids is 1. The lowest BCUT2D eigenvalue weighted by Crippen LogP contribution is -2.49. The Hall–Kier alpha value is -3.78. The first-order chi connectivity index (χ1) is 18.8. The predicted octanol–water partition coefficient (Wildman–Crippen LogP) is 4.10. The van der Waals surface area contributed by atoms with Gasteiger partial charge in [0.15, 0.2) is 0 Å². The molecular weight excluding hydrogens is 492 g/mol. The maximum atomic E-state index is 13.3. The summed E-state index contributed by atoms with van der Waals surface area (Å²) in [6.45, 7) is 15.0. The van der Waals surface area contributed by atoms with Gasteiger partial charge in [-0.1, -0.05) is 0 Å². The topological polar surface area (TPSA) is 104 Å². The first-order valence-corrected chi connectivity index (χ1v) is 13.7. The summed E-state index contributed by atoms with van der Waals surface area (Å²) in [6.07, 6.45) is 8.04. The molecule has 10 heteroatoms. The summed E-state index contributed by atoms with van der Waals surface area (Å²) in [6, 6.07) is 9.92. The van der Waals surface area contributed by atoms with Gasteiger partial charge in [-0.2, -0.15) is 10.2 Å². The second kappa shape index (κ2) is 10.1. The van der Waals surface area contributed by atoms with E-state index in [2.05, 4.69) is 36.4 Å². The van der Waals surface area contributed by atoms with Crippen molar-refractivity contribution in [2.45, 2.75) is 57.2 Å². The average Bonchev–Trinajstić information content (AvgIpc) is 3.56. The van der Waals surface area contributed by atoms with Gasteiger partial charge in [0.1, 0.15) is 5.69 Å². The van der Waals surface area contributed by atoms with Gasteiger partial charge in [0.2, 0.25) is 5.69 Å². The predicted molar refractivity (Wildman–Crippen MR) is 150 cm³/mol. The Kier molecular flexibility index (Phi) is 6.59. The molecule has 3 aromatic heterocycles. The Balaban J connectivity index is 1.25. The van der Waals surface area contributed by atoms with Gasteiger partial charge >= 0.3 is 0 Å². The van der Waals surface area contributed by atoms with Gasteiger partial charge in [-0.25, -0.2) is 9.36 Å². The Bertz CT molecular complexity index is 1560. The zero-order valence-corrected chi connectivity index (χ0v) is 22.4. The van der Waals surface area contributed by atoms with Gasteiger partial charge in [-0.05, 0) is 69.9 Å². The number of nitrogens with one attached hydrogen (secondary N) is 2. The van der Waals surface area contributed by atoms with E-state index in [-0.39, 0.29) is 5.91 Å². The van der Waals surface area contributed by atoms with E-state index in [9.17, 15) is 9.90 Å². The van der Waals surface area contributed by atoms with Crippen molar-refractivity contribution >= 4 is 33.7 Å². The van der Waals surface area contributed by atoms with Crippen LogP contribution >= 0.6 is 0 Å². The highest BCUT2D eigenvalue weighted by Crippen LogP contribution is 2.35. The van der Waals surface area contributed by atoms with Gasteiger partial charge in [0.05, 0.1) is 35.4 Å². The average molecular weight is 527 g/mol. The SMILES string of the molecule is [C-]#[N+]c1cnn2c(C(=O)Nc3cc4cn(C5CCC(N6CCNCC6)CC5)nc4cc3C(C)(C)O)ccc2c1. The first-order valence-electron chi connectivity index (χ1n) is 13.7. The molecule has 2 aliphatic rings. The smallest absolute Gasteiger partial charge is 0.274 e. The number of hydrogen-bond donors (Lipinski definition) is 3. The number of aromatic nitrogens is 4. The zero-order chi connectivity index (χ0) is 27.1. The number of carbonyl (C=O) groups is 1. The van der Waals surface area contributed by atoms with Crippen LogP contribution in [0.3, 0.4) is 0 Å². The minimum absolute atomic E-state index is 0.346. The summed E-state index contributed by atoms with van der Waals surface area (Å²) >= 11 is 0. The molecule has 1 aromatic carbocycles. The van der Waals surface area contributed by atoms with Crippen LogP contribution in [-0.4, -0.2) is 67.5 Å². The fraction of sp³-hybridized carbons (Fsp3) is 0.448. The number of aliphatic hydroxyl groups is 1. The minimum Gasteiger partial charge on any atom is -0.386 e. The van der Waals surface area contributed by atoms with Crippen LogP contribution in [0, 0.1) is 6.57 Å². The number of anilines is 1. The highest BCUT2D eigenvalue weighted by Gasteiger charge is 2.29. The van der Waals surface area contributed by atoms with Crippen molar-refractivity contribution in [2.75, 3.05) is 31.5 Å². The number of benzene rings is 1. The van der Waals surface area contributed by atoms with Crippen molar-refractivity contribution in [1.82, 2.24) is 29.6 Å². The number of fused-ring (bicyclic) bond motifs is 2. The summed E-state index contributed by atoms with van der Waals surface area (Å²) in [7, 11) is 0. The van der Waals surface area contributed by atoms with E-state index >= 15 is 0 Å². The van der Waals surface area contributed by atoms with Crippen molar-refractivity contribution in [1.29, 1.82) is 0 Å². The molecular formula is C29H34N8O2. The molecule has 39 heavy (non-hydrogen) atoms. The monoisotopic (exact) mass is 526 g/mol. The molecule has 10 nitrogen and oxygen atoms in total. The second-order valence-electron chi connectivity index (χ2n) is 11.2. The second-order valence-corrected chi connectivity index (χ2v) is 11.2. The third-order valence-corrected chi connectivity index (χ3v) is 8.12. The van der Waals surface area contributed by atoms with Crippen LogP contribution in [0.2, 0.25) is 0 Å². The molecule has 6 rings (SSSR count). The van der Waals surface area contributed by atoms with Crippen LogP contribution < -0.4 is 10.6 Å². The molecule has 0 unspecified atom stereocenters. The maximum Gasteiger partial charge on any atom is 0.274 e. The molecule has 0 bridgehead atoms. The molecule has 1 saturated heterocycles. The highest BCUT2D eigenvalue weighted by atomic mass is 16.3. The highest BCUT2D eigenvalue weighted by molar-refractivity contribution is 6.05. The molecule has 4 heterocycles. The van der Waals surface area contributed by atoms with E-state index in [0.29, 0.717) is 40.2 Å². The Labute approximate surface area is 227 Å². The molecule has 0 radical (unpaired) electrons. The van der Waals surface area contributed by atoms with Crippen LogP contribution in [0.5, 0.6) is 0 Å². The lowest BCUT2D eigenvalue weighted by Gasteiger charge is -2.39. The maximum absolute atomic E-state index is 13.3. The van der Waals surface area contributed by atoms with Gasteiger partial charge in [-0.3, -0.25) is 14.4 Å². The summed E-state index contributed by atoms with van der Waals surface area (Å²) in [5, 5.41) is 27.5. The van der Waals surface area contributed by atoms with Crippen LogP contribution in [0.1, 0.15) is 61.6 Å². The number of nitrogens with zero attached hydrogens (tertiary/aromatic N) is 6. The number of amides is 1. The van der Waals surface area contributed by atoms with Crippen LogP contribution in [0.15, 0.2) is 42.7 Å². The van der Waals surface area contributed by atoms with Crippen molar-refractivity contribution in [2.24, 2.45) is 0 Å². The standard InChI is InChI=1S/C29H34N8O2/c1-29(2,39)24-16-25-19(18-36(34-25)22-6-4-21(5-7-22)35-12-10-31-11-13-35)14-26(24)33-28(38)27-9-8-23-15-20(30-3)17-32-37(23)27/h8-9,14-18,21-22,31,39H,4-7,10-13H2,1-2H3,(H,33,38). The van der Waals surface area contributed by atoms with E-state index in [4.69, 9.17) is 11.7 Å². The summed E-state index contributed by atoms with van der Waals surface area (Å²) in [5.74, 6) is -0.346. The van der Waals surface area contributed by atoms with Gasteiger partial charge < -0.3 is 15.7 Å². The van der Waals surface area contributed by atoms with E-state index < -0.39 is 5.60 Å². The first kappa shape index (κ1) is 25.5. The Morgan fingerprint density at radius 1 is 1.13 bits per heavy atom. The van der Waals surface area contributed by atoms with E-state index in [1.807, 2.05) is 12.1 Å². The summed E-state index contributed by atoms with van der Waals surface area (Å²) in [5.41, 5.74) is 2.17. The molecule has 1 aliphatic carbocycles. The summed E-state index contributed by atoms with van der Waals surface area (Å²) < 4.78 is 3.60. The minimum atomic E-state index is -1.19. The van der Waals surface area contributed by atoms with E-state index in [1.54, 1.807) is 32.0 Å². The van der Waals surface area contributed by atoms with Crippen molar-refractivity contribution in [3.8, 4) is 0 Å². The molecule has 1 saturated carbocycles. The number of hydrogen-bond acceptors (Lipinski definition) is 6. The van der Waals surface area contributed by atoms with Crippen LogP contribution in [0.4, 0.5) is 11.4 Å². The zero-order valence-electron chi connectivity index (χ0n) is 22.4. The van der Waals surface area contributed by atoms with Crippen molar-refractivity contribution in [3.63, 3.8) is 0 Å². The Morgan fingerprint density at radius 2 is 1.87 bits per heavy atom. The molecule has 0 spiro atoms. The van der Waals surface area contributed by atoms with Crippen LogP contribution in [0.25, 0.3) is 21.3 Å². The molecule has 202 valence electrons. The fourth-order valence-corrected chi connectivity index (χ4v) is 6.03. The normalized spacial score (nSPS) is 20.8. The molecule has 3 N–H and O–H groups in total. The molecule has 1 aliphatic heterocycles. The fourth-order valence-electron chi connectivity index (χ4n) is 6.03. The van der Waals surface area contributed by atoms with Gasteiger partial charge in [0.25, 0.3) is 5.91 Å². The molecule has 1 amide bonds. The van der Waals surface area contributed by atoms with Gasteiger partial charge in [-0.15, -0.1) is 0 Å². The van der Waals surface area contributed by atoms with Crippen molar-refractivity contribution < 1.29 is 9.90 Å². The molecule has 2 fully saturated rings.